The van der Waals surface area contributed by atoms with Crippen molar-refractivity contribution < 1.29 is 0 Å². The van der Waals surface area contributed by atoms with E-state index in [0.29, 0.717) is 0 Å². The summed E-state index contributed by atoms with van der Waals surface area (Å²) >= 11 is 0. The van der Waals surface area contributed by atoms with Crippen LogP contribution in [0.25, 0.3) is 0 Å². The highest BCUT2D eigenvalue weighted by atomic mass is 16.1. The van der Waals surface area contributed by atoms with Gasteiger partial charge in [0, 0.05) is 5.69 Å². The lowest BCUT2D eigenvalue weighted by Crippen LogP contribution is -2.16. The molecule has 0 aliphatic rings. The van der Waals surface area contributed by atoms with Crippen LogP contribution in [0.1, 0.15) is 32.0 Å². The quantitative estimate of drug-likeness (QED) is 0.734. The van der Waals surface area contributed by atoms with Crippen molar-refractivity contribution in [3.05, 3.63) is 33.7 Å². The van der Waals surface area contributed by atoms with E-state index in [2.05, 4.69) is 25.8 Å². The molecule has 0 bridgehead atoms. The van der Waals surface area contributed by atoms with E-state index >= 15 is 0 Å². The molecule has 1 aromatic heterocycles. The van der Waals surface area contributed by atoms with Gasteiger partial charge < -0.3 is 4.98 Å². The van der Waals surface area contributed by atoms with Gasteiger partial charge in [-0.15, -0.1) is 0 Å². The Morgan fingerprint density at radius 3 is 2.50 bits per heavy atom. The molecule has 3 nitrogen and oxygen atoms in total. The lowest BCUT2D eigenvalue weighted by Gasteiger charge is -2.17. The van der Waals surface area contributed by atoms with Crippen LogP contribution in [0, 0.1) is 16.7 Å². The van der Waals surface area contributed by atoms with Gasteiger partial charge in [0.25, 0.3) is 5.56 Å². The third kappa shape index (κ3) is 2.74. The molecule has 0 aromatic carbocycles. The van der Waals surface area contributed by atoms with E-state index in [9.17, 15) is 4.79 Å². The third-order valence-electron chi connectivity index (χ3n) is 1.81. The summed E-state index contributed by atoms with van der Waals surface area (Å²) in [6.07, 6.45) is 0.800. The molecule has 1 heterocycles. The highest BCUT2D eigenvalue weighted by Gasteiger charge is 2.12. The third-order valence-corrected chi connectivity index (χ3v) is 1.81. The van der Waals surface area contributed by atoms with Crippen molar-refractivity contribution in [3.8, 4) is 6.07 Å². The summed E-state index contributed by atoms with van der Waals surface area (Å²) in [5, 5.41) is 8.57. The standard InChI is InChI=1S/C11H14N2O/c1-11(2,3)6-9-5-4-8(7-12)10(14)13-9/h4-5H,6H2,1-3H3,(H,13,14). The zero-order valence-corrected chi connectivity index (χ0v) is 8.72. The number of H-pyrrole nitrogens is 1. The first kappa shape index (κ1) is 10.5. The van der Waals surface area contributed by atoms with Crippen molar-refractivity contribution in [2.45, 2.75) is 27.2 Å². The van der Waals surface area contributed by atoms with Gasteiger partial charge in [0.1, 0.15) is 11.6 Å². The fraction of sp³-hybridized carbons (Fsp3) is 0.455. The Bertz CT molecular complexity index is 418. The normalized spacial score (nSPS) is 11.0. The van der Waals surface area contributed by atoms with Crippen molar-refractivity contribution in [2.24, 2.45) is 5.41 Å². The largest absolute Gasteiger partial charge is 0.325 e. The molecule has 0 saturated carbocycles. The fourth-order valence-electron chi connectivity index (χ4n) is 1.28. The maximum atomic E-state index is 11.3. The average molecular weight is 190 g/mol. The SMILES string of the molecule is CC(C)(C)Cc1ccc(C#N)c(=O)[nH]1. The Kier molecular flexibility index (Phi) is 2.76. The number of hydrogen-bond donors (Lipinski definition) is 1. The minimum absolute atomic E-state index is 0.136. The van der Waals surface area contributed by atoms with E-state index < -0.39 is 0 Å². The summed E-state index contributed by atoms with van der Waals surface area (Å²) in [5.74, 6) is 0. The van der Waals surface area contributed by atoms with Gasteiger partial charge in [0.2, 0.25) is 0 Å². The van der Waals surface area contributed by atoms with Gasteiger partial charge in [-0.1, -0.05) is 20.8 Å². The van der Waals surface area contributed by atoms with Gasteiger partial charge in [0.15, 0.2) is 0 Å². The maximum absolute atomic E-state index is 11.3. The van der Waals surface area contributed by atoms with Crippen molar-refractivity contribution >= 4 is 0 Å². The lowest BCUT2D eigenvalue weighted by molar-refractivity contribution is 0.406. The van der Waals surface area contributed by atoms with Gasteiger partial charge in [-0.25, -0.2) is 0 Å². The molecule has 1 aromatic rings. The molecule has 1 N–H and O–H groups in total. The second-order valence-corrected chi connectivity index (χ2v) is 4.58. The second kappa shape index (κ2) is 3.67. The Hall–Kier alpha value is -1.56. The highest BCUT2D eigenvalue weighted by molar-refractivity contribution is 5.26. The molecule has 0 atom stereocenters. The van der Waals surface area contributed by atoms with Crippen LogP contribution in [0.3, 0.4) is 0 Å². The lowest BCUT2D eigenvalue weighted by atomic mass is 9.90. The number of rotatable bonds is 1. The summed E-state index contributed by atoms with van der Waals surface area (Å²) in [6.45, 7) is 6.30. The topological polar surface area (TPSA) is 56.6 Å². The number of nitrogens with zero attached hydrogens (tertiary/aromatic N) is 1. The van der Waals surface area contributed by atoms with E-state index in [0.717, 1.165) is 12.1 Å². The predicted octanol–water partition coefficient (Wildman–Crippen LogP) is 1.84. The second-order valence-electron chi connectivity index (χ2n) is 4.58. The first-order valence-electron chi connectivity index (χ1n) is 4.55. The van der Waals surface area contributed by atoms with Crippen LogP contribution in [0.5, 0.6) is 0 Å². The molecular weight excluding hydrogens is 176 g/mol. The monoisotopic (exact) mass is 190 g/mol. The van der Waals surface area contributed by atoms with Gasteiger partial charge in [-0.05, 0) is 24.0 Å². The van der Waals surface area contributed by atoms with Crippen LogP contribution >= 0.6 is 0 Å². The van der Waals surface area contributed by atoms with Crippen molar-refractivity contribution in [1.82, 2.24) is 4.98 Å². The first-order valence-corrected chi connectivity index (χ1v) is 4.55. The molecule has 1 rings (SSSR count). The van der Waals surface area contributed by atoms with E-state index in [1.807, 2.05) is 6.07 Å². The zero-order chi connectivity index (χ0) is 10.8. The Morgan fingerprint density at radius 2 is 2.07 bits per heavy atom. The van der Waals surface area contributed by atoms with Crippen molar-refractivity contribution in [1.29, 1.82) is 5.26 Å². The Labute approximate surface area is 83.4 Å². The summed E-state index contributed by atoms with van der Waals surface area (Å²) < 4.78 is 0. The molecule has 0 aliphatic carbocycles. The van der Waals surface area contributed by atoms with Crippen molar-refractivity contribution in [2.75, 3.05) is 0 Å². The smallest absolute Gasteiger partial charge is 0.266 e. The van der Waals surface area contributed by atoms with E-state index in [1.54, 1.807) is 12.1 Å². The van der Waals surface area contributed by atoms with E-state index in [-0.39, 0.29) is 16.5 Å². The first-order chi connectivity index (χ1) is 6.42. The molecule has 0 unspecified atom stereocenters. The van der Waals surface area contributed by atoms with Crippen molar-refractivity contribution in [3.63, 3.8) is 0 Å². The molecule has 14 heavy (non-hydrogen) atoms. The number of nitriles is 1. The van der Waals surface area contributed by atoms with Crippen LogP contribution < -0.4 is 5.56 Å². The number of aromatic amines is 1. The molecule has 0 saturated heterocycles. The molecule has 0 radical (unpaired) electrons. The number of pyridine rings is 1. The number of nitrogens with one attached hydrogen (secondary N) is 1. The summed E-state index contributed by atoms with van der Waals surface area (Å²) in [7, 11) is 0. The summed E-state index contributed by atoms with van der Waals surface area (Å²) in [5.41, 5.74) is 0.885. The van der Waals surface area contributed by atoms with Gasteiger partial charge in [-0.3, -0.25) is 4.79 Å². The van der Waals surface area contributed by atoms with E-state index in [1.165, 1.54) is 0 Å². The maximum Gasteiger partial charge on any atom is 0.266 e. The highest BCUT2D eigenvalue weighted by Crippen LogP contribution is 2.18. The van der Waals surface area contributed by atoms with Crippen LogP contribution in [-0.2, 0) is 6.42 Å². The van der Waals surface area contributed by atoms with Crippen LogP contribution in [-0.4, -0.2) is 4.98 Å². The Morgan fingerprint density at radius 1 is 1.43 bits per heavy atom. The zero-order valence-electron chi connectivity index (χ0n) is 8.72. The summed E-state index contributed by atoms with van der Waals surface area (Å²) in [4.78, 5) is 14.0. The minimum atomic E-state index is -0.297. The molecule has 0 fully saturated rings. The van der Waals surface area contributed by atoms with Crippen LogP contribution in [0.4, 0.5) is 0 Å². The molecule has 74 valence electrons. The predicted molar refractivity (Wildman–Crippen MR) is 54.9 cm³/mol. The van der Waals surface area contributed by atoms with E-state index in [4.69, 9.17) is 5.26 Å². The minimum Gasteiger partial charge on any atom is -0.325 e. The molecule has 0 amide bonds. The van der Waals surface area contributed by atoms with Gasteiger partial charge in [-0.2, -0.15) is 5.26 Å². The van der Waals surface area contributed by atoms with Crippen LogP contribution in [0.15, 0.2) is 16.9 Å². The molecule has 0 aliphatic heterocycles. The molecule has 3 heteroatoms. The Balaban J connectivity index is 3.00. The number of aromatic nitrogens is 1. The summed E-state index contributed by atoms with van der Waals surface area (Å²) in [6, 6.07) is 5.21. The molecule has 0 spiro atoms. The average Bonchev–Trinajstić information content (AvgIpc) is 2.01. The number of hydrogen-bond acceptors (Lipinski definition) is 2. The van der Waals surface area contributed by atoms with Gasteiger partial charge >= 0.3 is 0 Å². The van der Waals surface area contributed by atoms with Crippen LogP contribution in [0.2, 0.25) is 0 Å². The van der Waals surface area contributed by atoms with Gasteiger partial charge in [0.05, 0.1) is 0 Å². The fourth-order valence-corrected chi connectivity index (χ4v) is 1.28. The molecular formula is C11H14N2O.